The Kier molecular flexibility index (Phi) is 5.22. The average Bonchev–Trinajstić information content (AvgIpc) is 2.72. The number of alkyl halides is 1. The van der Waals surface area contributed by atoms with Gasteiger partial charge in [-0.3, -0.25) is 5.32 Å². The highest BCUT2D eigenvalue weighted by Gasteiger charge is 2.38. The van der Waals surface area contributed by atoms with Gasteiger partial charge in [0.2, 0.25) is 5.96 Å². The molecule has 2 aliphatic rings. The van der Waals surface area contributed by atoms with Gasteiger partial charge < -0.3 is 9.80 Å². The summed E-state index contributed by atoms with van der Waals surface area (Å²) in [6, 6.07) is 13.4. The Hall–Kier alpha value is -2.96. The van der Waals surface area contributed by atoms with Crippen LogP contribution in [0.4, 0.5) is 13.6 Å². The van der Waals surface area contributed by atoms with E-state index in [1.54, 1.807) is 4.90 Å². The van der Waals surface area contributed by atoms with Crippen molar-refractivity contribution in [2.24, 2.45) is 4.99 Å². The maximum atomic E-state index is 15.3. The van der Waals surface area contributed by atoms with Gasteiger partial charge in [0.05, 0.1) is 0 Å². The molecule has 152 valence electrons. The lowest BCUT2D eigenvalue weighted by Gasteiger charge is -2.39. The van der Waals surface area contributed by atoms with E-state index in [2.05, 4.69) is 10.3 Å². The van der Waals surface area contributed by atoms with Crippen molar-refractivity contribution in [2.45, 2.75) is 32.0 Å². The third kappa shape index (κ3) is 4.23. The SMILES string of the molecule is Cc1ccc(CN2CN=C(N3CCC(F)(c4ccc(F)cc4)CC3)NC2=O)cc1. The second-order valence-electron chi connectivity index (χ2n) is 7.70. The van der Waals surface area contributed by atoms with E-state index in [1.165, 1.54) is 29.8 Å². The number of rotatable bonds is 3. The molecule has 1 N–H and O–H groups in total. The normalized spacial score (nSPS) is 19.0. The summed E-state index contributed by atoms with van der Waals surface area (Å²) in [7, 11) is 0. The Morgan fingerprint density at radius 2 is 1.72 bits per heavy atom. The Balaban J connectivity index is 1.36. The second-order valence-corrected chi connectivity index (χ2v) is 7.70. The van der Waals surface area contributed by atoms with Gasteiger partial charge in [-0.2, -0.15) is 0 Å². The summed E-state index contributed by atoms with van der Waals surface area (Å²) in [5, 5.41) is 2.83. The molecule has 0 aromatic heterocycles. The first-order valence-corrected chi connectivity index (χ1v) is 9.79. The minimum atomic E-state index is -1.49. The standard InChI is InChI=1S/C22H24F2N4O/c1-16-2-4-17(5-3-16)14-28-15-25-20(26-21(28)29)27-12-10-22(24,11-13-27)18-6-8-19(23)9-7-18/h2-9H,10-15H2,1H3,(H,25,26,29). The maximum absolute atomic E-state index is 15.3. The summed E-state index contributed by atoms with van der Waals surface area (Å²) in [4.78, 5) is 20.5. The molecular formula is C22H24F2N4O. The van der Waals surface area contributed by atoms with E-state index in [0.717, 1.165) is 5.56 Å². The van der Waals surface area contributed by atoms with Gasteiger partial charge in [-0.05, 0) is 30.2 Å². The summed E-state index contributed by atoms with van der Waals surface area (Å²) in [5.74, 6) is 0.126. The smallest absolute Gasteiger partial charge is 0.325 e. The first-order chi connectivity index (χ1) is 13.9. The lowest BCUT2D eigenvalue weighted by molar-refractivity contribution is 0.0806. The number of hydrogen-bond donors (Lipinski definition) is 1. The van der Waals surface area contributed by atoms with Crippen LogP contribution in [0.2, 0.25) is 0 Å². The molecule has 0 radical (unpaired) electrons. The van der Waals surface area contributed by atoms with Crippen molar-refractivity contribution in [2.75, 3.05) is 19.8 Å². The molecule has 7 heteroatoms. The van der Waals surface area contributed by atoms with E-state index >= 15 is 4.39 Å². The fourth-order valence-corrected chi connectivity index (χ4v) is 3.76. The van der Waals surface area contributed by atoms with Crippen LogP contribution in [0.25, 0.3) is 0 Å². The third-order valence-corrected chi connectivity index (χ3v) is 5.61. The molecule has 2 aliphatic heterocycles. The van der Waals surface area contributed by atoms with Crippen LogP contribution < -0.4 is 5.32 Å². The van der Waals surface area contributed by atoms with Gasteiger partial charge in [0.25, 0.3) is 0 Å². The predicted octanol–water partition coefficient (Wildman–Crippen LogP) is 3.93. The summed E-state index contributed by atoms with van der Waals surface area (Å²) in [6.07, 6.45) is 0.529. The van der Waals surface area contributed by atoms with E-state index in [9.17, 15) is 9.18 Å². The van der Waals surface area contributed by atoms with Crippen LogP contribution in [0.5, 0.6) is 0 Å². The van der Waals surface area contributed by atoms with Gasteiger partial charge in [-0.25, -0.2) is 18.6 Å². The number of carbonyl (C=O) groups excluding carboxylic acids is 1. The number of carbonyl (C=O) groups is 1. The Morgan fingerprint density at radius 1 is 1.07 bits per heavy atom. The number of hydrogen-bond acceptors (Lipinski definition) is 3. The van der Waals surface area contributed by atoms with Gasteiger partial charge in [0, 0.05) is 32.5 Å². The molecule has 2 heterocycles. The second kappa shape index (κ2) is 7.81. The Labute approximate surface area is 169 Å². The third-order valence-electron chi connectivity index (χ3n) is 5.61. The molecule has 2 aromatic rings. The molecule has 1 fully saturated rings. The lowest BCUT2D eigenvalue weighted by atomic mass is 9.86. The number of aryl methyl sites for hydroxylation is 1. The number of halogens is 2. The highest BCUT2D eigenvalue weighted by Crippen LogP contribution is 2.37. The van der Waals surface area contributed by atoms with E-state index in [-0.39, 0.29) is 31.4 Å². The van der Waals surface area contributed by atoms with Gasteiger partial charge >= 0.3 is 6.03 Å². The number of nitrogens with one attached hydrogen (secondary N) is 1. The van der Waals surface area contributed by atoms with Crippen molar-refractivity contribution in [3.63, 3.8) is 0 Å². The molecular weight excluding hydrogens is 374 g/mol. The number of guanidine groups is 1. The maximum Gasteiger partial charge on any atom is 0.325 e. The minimum Gasteiger partial charge on any atom is -0.342 e. The predicted molar refractivity (Wildman–Crippen MR) is 108 cm³/mol. The fraction of sp³-hybridized carbons (Fsp3) is 0.364. The van der Waals surface area contributed by atoms with Crippen LogP contribution in [0.15, 0.2) is 53.5 Å². The zero-order valence-corrected chi connectivity index (χ0v) is 16.4. The van der Waals surface area contributed by atoms with Gasteiger partial charge in [-0.1, -0.05) is 42.0 Å². The first-order valence-electron chi connectivity index (χ1n) is 9.79. The molecule has 2 amide bonds. The van der Waals surface area contributed by atoms with E-state index in [0.29, 0.717) is 31.2 Å². The number of nitrogens with zero attached hydrogens (tertiary/aromatic N) is 3. The molecule has 5 nitrogen and oxygen atoms in total. The Bertz CT molecular complexity index is 903. The molecule has 0 aliphatic carbocycles. The van der Waals surface area contributed by atoms with Crippen LogP contribution in [-0.4, -0.2) is 41.5 Å². The van der Waals surface area contributed by atoms with Gasteiger partial charge in [0.1, 0.15) is 18.2 Å². The van der Waals surface area contributed by atoms with Crippen molar-refractivity contribution in [3.05, 3.63) is 71.0 Å². The van der Waals surface area contributed by atoms with E-state index in [4.69, 9.17) is 0 Å². The van der Waals surface area contributed by atoms with Crippen LogP contribution in [0, 0.1) is 12.7 Å². The Morgan fingerprint density at radius 3 is 2.34 bits per heavy atom. The molecule has 1 saturated heterocycles. The zero-order chi connectivity index (χ0) is 20.4. The largest absolute Gasteiger partial charge is 0.342 e. The summed E-state index contributed by atoms with van der Waals surface area (Å²) >= 11 is 0. The number of aliphatic imine (C=N–C) groups is 1. The van der Waals surface area contributed by atoms with Crippen molar-refractivity contribution in [1.82, 2.24) is 15.1 Å². The molecule has 0 atom stereocenters. The van der Waals surface area contributed by atoms with Crippen molar-refractivity contribution in [3.8, 4) is 0 Å². The quantitative estimate of drug-likeness (QED) is 0.852. The number of likely N-dealkylation sites (tertiary alicyclic amines) is 1. The number of piperidine rings is 1. The molecule has 0 spiro atoms. The van der Waals surface area contributed by atoms with Crippen LogP contribution >= 0.6 is 0 Å². The average molecular weight is 398 g/mol. The highest BCUT2D eigenvalue weighted by molar-refractivity contribution is 5.97. The number of urea groups is 1. The van der Waals surface area contributed by atoms with Crippen molar-refractivity contribution >= 4 is 12.0 Å². The van der Waals surface area contributed by atoms with Crippen LogP contribution in [0.1, 0.15) is 29.5 Å². The summed E-state index contributed by atoms with van der Waals surface area (Å²) in [5.41, 5.74) is 1.23. The first kappa shape index (κ1) is 19.4. The zero-order valence-electron chi connectivity index (χ0n) is 16.4. The summed E-state index contributed by atoms with van der Waals surface area (Å²) in [6.45, 7) is 3.65. The van der Waals surface area contributed by atoms with Gasteiger partial charge in [0.15, 0.2) is 0 Å². The van der Waals surface area contributed by atoms with Gasteiger partial charge in [-0.15, -0.1) is 0 Å². The molecule has 0 saturated carbocycles. The molecule has 0 unspecified atom stereocenters. The molecule has 0 bridgehead atoms. The monoisotopic (exact) mass is 398 g/mol. The van der Waals surface area contributed by atoms with Crippen molar-refractivity contribution < 1.29 is 13.6 Å². The number of benzene rings is 2. The van der Waals surface area contributed by atoms with E-state index in [1.807, 2.05) is 36.1 Å². The highest BCUT2D eigenvalue weighted by atomic mass is 19.1. The molecule has 29 heavy (non-hydrogen) atoms. The van der Waals surface area contributed by atoms with E-state index < -0.39 is 5.67 Å². The topological polar surface area (TPSA) is 47.9 Å². The minimum absolute atomic E-state index is 0.203. The fourth-order valence-electron chi connectivity index (χ4n) is 3.76. The molecule has 2 aromatic carbocycles. The van der Waals surface area contributed by atoms with Crippen molar-refractivity contribution in [1.29, 1.82) is 0 Å². The molecule has 4 rings (SSSR count). The van der Waals surface area contributed by atoms with Crippen LogP contribution in [0.3, 0.4) is 0 Å². The summed E-state index contributed by atoms with van der Waals surface area (Å²) < 4.78 is 28.4. The van der Waals surface area contributed by atoms with Crippen LogP contribution in [-0.2, 0) is 12.2 Å². The number of amides is 2. The lowest BCUT2D eigenvalue weighted by Crippen LogP contribution is -2.55.